The van der Waals surface area contributed by atoms with Gasteiger partial charge < -0.3 is 15.4 Å². The second-order valence-electron chi connectivity index (χ2n) is 3.26. The lowest BCUT2D eigenvalue weighted by atomic mass is 10.3. The summed E-state index contributed by atoms with van der Waals surface area (Å²) < 4.78 is 5.24. The van der Waals surface area contributed by atoms with E-state index >= 15 is 0 Å². The molecule has 4 nitrogen and oxygen atoms in total. The van der Waals surface area contributed by atoms with Gasteiger partial charge in [0.15, 0.2) is 6.61 Å². The van der Waals surface area contributed by atoms with Gasteiger partial charge >= 0.3 is 0 Å². The van der Waals surface area contributed by atoms with Crippen LogP contribution in [-0.4, -0.2) is 31.5 Å². The highest BCUT2D eigenvalue weighted by atomic mass is 35.5. The number of anilines is 1. The average molecular weight is 229 g/mol. The zero-order valence-electron chi connectivity index (χ0n) is 8.66. The molecule has 0 aliphatic rings. The number of nitrogens with two attached hydrogens (primary N) is 1. The van der Waals surface area contributed by atoms with Crippen molar-refractivity contribution in [1.29, 1.82) is 0 Å². The third kappa shape index (κ3) is 3.32. The first kappa shape index (κ1) is 11.7. The minimum atomic E-state index is -0.108. The van der Waals surface area contributed by atoms with Crippen LogP contribution in [0.2, 0.25) is 5.02 Å². The van der Waals surface area contributed by atoms with Gasteiger partial charge in [-0.25, -0.2) is 0 Å². The summed E-state index contributed by atoms with van der Waals surface area (Å²) in [4.78, 5) is 12.7. The Morgan fingerprint density at radius 3 is 2.73 bits per heavy atom. The Balaban J connectivity index is 2.58. The van der Waals surface area contributed by atoms with E-state index in [1.54, 1.807) is 32.3 Å². The topological polar surface area (TPSA) is 55.6 Å². The number of hydrogen-bond donors (Lipinski definition) is 1. The summed E-state index contributed by atoms with van der Waals surface area (Å²) in [5.41, 5.74) is 6.02. The quantitative estimate of drug-likeness (QED) is 0.796. The fourth-order valence-electron chi connectivity index (χ4n) is 0.886. The summed E-state index contributed by atoms with van der Waals surface area (Å²) in [6.07, 6.45) is 0. The number of carbonyl (C=O) groups is 1. The van der Waals surface area contributed by atoms with Crippen LogP contribution < -0.4 is 10.5 Å². The van der Waals surface area contributed by atoms with Crippen LogP contribution in [0.15, 0.2) is 18.2 Å². The van der Waals surface area contributed by atoms with E-state index in [1.807, 2.05) is 0 Å². The lowest BCUT2D eigenvalue weighted by Crippen LogP contribution is -2.27. The molecule has 82 valence electrons. The molecule has 0 aliphatic heterocycles. The molecule has 0 aromatic heterocycles. The maximum Gasteiger partial charge on any atom is 0.259 e. The van der Waals surface area contributed by atoms with E-state index in [2.05, 4.69) is 0 Å². The summed E-state index contributed by atoms with van der Waals surface area (Å²) in [7, 11) is 3.34. The predicted molar refractivity (Wildman–Crippen MR) is 60.1 cm³/mol. The van der Waals surface area contributed by atoms with Gasteiger partial charge in [-0.3, -0.25) is 4.79 Å². The zero-order chi connectivity index (χ0) is 11.4. The molecule has 1 aromatic rings. The first-order chi connectivity index (χ1) is 7.00. The Morgan fingerprint density at radius 1 is 1.53 bits per heavy atom. The van der Waals surface area contributed by atoms with Crippen molar-refractivity contribution in [2.24, 2.45) is 0 Å². The van der Waals surface area contributed by atoms with Gasteiger partial charge in [0.25, 0.3) is 5.91 Å². The molecule has 0 radical (unpaired) electrons. The monoisotopic (exact) mass is 228 g/mol. The van der Waals surface area contributed by atoms with Crippen LogP contribution in [0.1, 0.15) is 0 Å². The molecular formula is C10H13ClN2O2. The minimum absolute atomic E-state index is 0.00588. The average Bonchev–Trinajstić information content (AvgIpc) is 2.19. The van der Waals surface area contributed by atoms with Crippen LogP contribution in [0.4, 0.5) is 5.69 Å². The zero-order valence-corrected chi connectivity index (χ0v) is 9.41. The van der Waals surface area contributed by atoms with Crippen LogP contribution in [0.3, 0.4) is 0 Å². The molecular weight excluding hydrogens is 216 g/mol. The molecule has 1 amide bonds. The fourth-order valence-corrected chi connectivity index (χ4v) is 1.00. The maximum atomic E-state index is 11.2. The molecule has 15 heavy (non-hydrogen) atoms. The molecule has 0 unspecified atom stereocenters. The second kappa shape index (κ2) is 4.89. The van der Waals surface area contributed by atoms with Crippen molar-refractivity contribution in [3.05, 3.63) is 23.2 Å². The number of halogens is 1. The van der Waals surface area contributed by atoms with E-state index < -0.39 is 0 Å². The molecule has 0 bridgehead atoms. The molecule has 5 heteroatoms. The first-order valence-electron chi connectivity index (χ1n) is 4.38. The van der Waals surface area contributed by atoms with Crippen molar-refractivity contribution in [3.8, 4) is 5.75 Å². The molecule has 0 fully saturated rings. The SMILES string of the molecule is CN(C)C(=O)COc1ccc(Cl)c(N)c1. The highest BCUT2D eigenvalue weighted by molar-refractivity contribution is 6.33. The van der Waals surface area contributed by atoms with Crippen molar-refractivity contribution in [3.63, 3.8) is 0 Å². The number of amides is 1. The van der Waals surface area contributed by atoms with Crippen molar-refractivity contribution in [2.75, 3.05) is 26.4 Å². The van der Waals surface area contributed by atoms with Gasteiger partial charge in [-0.2, -0.15) is 0 Å². The van der Waals surface area contributed by atoms with Gasteiger partial charge in [-0.15, -0.1) is 0 Å². The van der Waals surface area contributed by atoms with Gasteiger partial charge in [0.1, 0.15) is 5.75 Å². The summed E-state index contributed by atoms with van der Waals surface area (Å²) in [5.74, 6) is 0.427. The fraction of sp³-hybridized carbons (Fsp3) is 0.300. The summed E-state index contributed by atoms with van der Waals surface area (Å²) in [6, 6.07) is 4.89. The van der Waals surface area contributed by atoms with Crippen LogP contribution in [0.25, 0.3) is 0 Å². The normalized spacial score (nSPS) is 9.80. The van der Waals surface area contributed by atoms with Crippen molar-refractivity contribution >= 4 is 23.2 Å². The maximum absolute atomic E-state index is 11.2. The Morgan fingerprint density at radius 2 is 2.20 bits per heavy atom. The molecule has 0 spiro atoms. The van der Waals surface area contributed by atoms with Gasteiger partial charge in [0.2, 0.25) is 0 Å². The Bertz CT molecular complexity index is 366. The van der Waals surface area contributed by atoms with E-state index in [1.165, 1.54) is 4.90 Å². The van der Waals surface area contributed by atoms with Crippen LogP contribution >= 0.6 is 11.6 Å². The number of likely N-dealkylation sites (N-methyl/N-ethyl adjacent to an activating group) is 1. The highest BCUT2D eigenvalue weighted by Crippen LogP contribution is 2.23. The summed E-state index contributed by atoms with van der Waals surface area (Å²) >= 11 is 5.74. The van der Waals surface area contributed by atoms with Gasteiger partial charge in [0.05, 0.1) is 10.7 Å². The smallest absolute Gasteiger partial charge is 0.259 e. The van der Waals surface area contributed by atoms with Crippen molar-refractivity contribution < 1.29 is 9.53 Å². The molecule has 2 N–H and O–H groups in total. The second-order valence-corrected chi connectivity index (χ2v) is 3.67. The third-order valence-electron chi connectivity index (χ3n) is 1.83. The Kier molecular flexibility index (Phi) is 3.80. The van der Waals surface area contributed by atoms with Crippen molar-refractivity contribution in [2.45, 2.75) is 0 Å². The first-order valence-corrected chi connectivity index (χ1v) is 4.76. The van der Waals surface area contributed by atoms with Crippen LogP contribution in [0.5, 0.6) is 5.75 Å². The molecule has 0 saturated heterocycles. The molecule has 0 atom stereocenters. The Labute approximate surface area is 93.6 Å². The molecule has 0 saturated carbocycles. The molecule has 0 heterocycles. The van der Waals surface area contributed by atoms with E-state index in [-0.39, 0.29) is 12.5 Å². The summed E-state index contributed by atoms with van der Waals surface area (Å²) in [6.45, 7) is -0.00588. The number of carbonyl (C=O) groups excluding carboxylic acids is 1. The van der Waals surface area contributed by atoms with E-state index in [4.69, 9.17) is 22.1 Å². The standard InChI is InChI=1S/C10H13ClN2O2/c1-13(2)10(14)6-15-7-3-4-8(11)9(12)5-7/h3-5H,6,12H2,1-2H3. The minimum Gasteiger partial charge on any atom is -0.484 e. The summed E-state index contributed by atoms with van der Waals surface area (Å²) in [5, 5.41) is 0.473. The number of hydrogen-bond acceptors (Lipinski definition) is 3. The molecule has 1 rings (SSSR count). The highest BCUT2D eigenvalue weighted by Gasteiger charge is 2.05. The van der Waals surface area contributed by atoms with Crippen LogP contribution in [0, 0.1) is 0 Å². The van der Waals surface area contributed by atoms with E-state index in [9.17, 15) is 4.79 Å². The lowest BCUT2D eigenvalue weighted by Gasteiger charge is -2.11. The number of ether oxygens (including phenoxy) is 1. The van der Waals surface area contributed by atoms with Crippen LogP contribution in [-0.2, 0) is 4.79 Å². The number of rotatable bonds is 3. The number of nitrogen functional groups attached to an aromatic ring is 1. The van der Waals surface area contributed by atoms with Gasteiger partial charge in [0, 0.05) is 20.2 Å². The van der Waals surface area contributed by atoms with Crippen molar-refractivity contribution in [1.82, 2.24) is 4.90 Å². The Hall–Kier alpha value is -1.42. The third-order valence-corrected chi connectivity index (χ3v) is 2.17. The lowest BCUT2D eigenvalue weighted by molar-refractivity contribution is -0.130. The van der Waals surface area contributed by atoms with E-state index in [0.717, 1.165) is 0 Å². The predicted octanol–water partition coefficient (Wildman–Crippen LogP) is 1.39. The molecule has 1 aromatic carbocycles. The largest absolute Gasteiger partial charge is 0.484 e. The van der Waals surface area contributed by atoms with Gasteiger partial charge in [-0.1, -0.05) is 11.6 Å². The van der Waals surface area contributed by atoms with E-state index in [0.29, 0.717) is 16.5 Å². The number of benzene rings is 1. The number of nitrogens with zero attached hydrogens (tertiary/aromatic N) is 1. The molecule has 0 aliphatic carbocycles. The van der Waals surface area contributed by atoms with Gasteiger partial charge in [-0.05, 0) is 12.1 Å².